The van der Waals surface area contributed by atoms with Gasteiger partial charge in [-0.3, -0.25) is 4.90 Å². The Morgan fingerprint density at radius 1 is 1.05 bits per heavy atom. The van der Waals surface area contributed by atoms with E-state index >= 15 is 0 Å². The Labute approximate surface area is 124 Å². The van der Waals surface area contributed by atoms with Crippen molar-refractivity contribution in [2.75, 3.05) is 40.8 Å². The quantitative estimate of drug-likeness (QED) is 0.751. The van der Waals surface area contributed by atoms with E-state index in [1.54, 1.807) is 0 Å². The fourth-order valence-electron chi connectivity index (χ4n) is 2.40. The molecule has 3 nitrogen and oxygen atoms in total. The van der Waals surface area contributed by atoms with Crippen LogP contribution in [-0.2, 0) is 6.42 Å². The van der Waals surface area contributed by atoms with Gasteiger partial charge < -0.3 is 10.6 Å². The second kappa shape index (κ2) is 8.40. The number of aryl methyl sites for hydroxylation is 1. The zero-order valence-electron chi connectivity index (χ0n) is 13.6. The molecule has 1 atom stereocenters. The van der Waals surface area contributed by atoms with Gasteiger partial charge in [0.05, 0.1) is 0 Å². The lowest BCUT2D eigenvalue weighted by atomic mass is 9.91. The molecule has 3 heteroatoms. The van der Waals surface area contributed by atoms with E-state index in [9.17, 15) is 0 Å². The first-order valence-corrected chi connectivity index (χ1v) is 7.58. The number of likely N-dealkylation sites (N-methyl/N-ethyl adjacent to an activating group) is 1. The molecular formula is C17H31N3. The van der Waals surface area contributed by atoms with Crippen LogP contribution >= 0.6 is 0 Å². The van der Waals surface area contributed by atoms with Crippen LogP contribution in [0.25, 0.3) is 0 Å². The van der Waals surface area contributed by atoms with E-state index in [2.05, 4.69) is 68.2 Å². The maximum Gasteiger partial charge on any atom is 0.0303 e. The molecule has 0 saturated carbocycles. The molecule has 0 aliphatic rings. The Hall–Kier alpha value is -0.900. The molecule has 2 N–H and O–H groups in total. The van der Waals surface area contributed by atoms with Crippen LogP contribution in [-0.4, -0.2) is 56.1 Å². The summed E-state index contributed by atoms with van der Waals surface area (Å²) in [5, 5.41) is 0. The van der Waals surface area contributed by atoms with Crippen molar-refractivity contribution < 1.29 is 0 Å². The summed E-state index contributed by atoms with van der Waals surface area (Å²) < 4.78 is 0. The minimum atomic E-state index is 0.0855. The SMILES string of the molecule is CN(C)CCCN(C)C(C)(CN)CCc1ccccc1. The topological polar surface area (TPSA) is 32.5 Å². The first kappa shape index (κ1) is 17.2. The molecule has 0 radical (unpaired) electrons. The van der Waals surface area contributed by atoms with Crippen molar-refractivity contribution in [3.63, 3.8) is 0 Å². The summed E-state index contributed by atoms with van der Waals surface area (Å²) in [5.41, 5.74) is 7.53. The zero-order valence-corrected chi connectivity index (χ0v) is 13.6. The van der Waals surface area contributed by atoms with E-state index in [0.717, 1.165) is 25.9 Å². The van der Waals surface area contributed by atoms with E-state index < -0.39 is 0 Å². The zero-order chi connectivity index (χ0) is 15.0. The second-order valence-electron chi connectivity index (χ2n) is 6.27. The average Bonchev–Trinajstić information content (AvgIpc) is 2.45. The van der Waals surface area contributed by atoms with Gasteiger partial charge in [-0.1, -0.05) is 30.3 Å². The lowest BCUT2D eigenvalue weighted by Crippen LogP contribution is -2.50. The lowest BCUT2D eigenvalue weighted by molar-refractivity contribution is 0.129. The summed E-state index contributed by atoms with van der Waals surface area (Å²) >= 11 is 0. The van der Waals surface area contributed by atoms with Crippen molar-refractivity contribution in [1.82, 2.24) is 9.80 Å². The largest absolute Gasteiger partial charge is 0.329 e. The van der Waals surface area contributed by atoms with E-state index in [1.807, 2.05) is 0 Å². The Kier molecular flexibility index (Phi) is 7.20. The van der Waals surface area contributed by atoms with E-state index in [0.29, 0.717) is 6.54 Å². The first-order valence-electron chi connectivity index (χ1n) is 7.58. The normalized spacial score (nSPS) is 14.8. The highest BCUT2D eigenvalue weighted by atomic mass is 15.2. The molecule has 20 heavy (non-hydrogen) atoms. The Bertz CT molecular complexity index is 364. The van der Waals surface area contributed by atoms with Crippen LogP contribution in [0.4, 0.5) is 0 Å². The van der Waals surface area contributed by atoms with Gasteiger partial charge in [0.1, 0.15) is 0 Å². The molecule has 0 amide bonds. The molecule has 0 fully saturated rings. The molecule has 1 unspecified atom stereocenters. The Morgan fingerprint density at radius 2 is 1.70 bits per heavy atom. The summed E-state index contributed by atoms with van der Waals surface area (Å²) in [5.74, 6) is 0. The summed E-state index contributed by atoms with van der Waals surface area (Å²) in [7, 11) is 6.45. The van der Waals surface area contributed by atoms with Gasteiger partial charge in [0.25, 0.3) is 0 Å². The maximum absolute atomic E-state index is 6.05. The van der Waals surface area contributed by atoms with Crippen molar-refractivity contribution >= 4 is 0 Å². The van der Waals surface area contributed by atoms with Gasteiger partial charge in [-0.05, 0) is 66.0 Å². The van der Waals surface area contributed by atoms with E-state index in [1.165, 1.54) is 12.0 Å². The lowest BCUT2D eigenvalue weighted by Gasteiger charge is -2.38. The molecule has 0 saturated heterocycles. The van der Waals surface area contributed by atoms with Gasteiger partial charge in [-0.15, -0.1) is 0 Å². The molecule has 0 bridgehead atoms. The summed E-state index contributed by atoms with van der Waals surface area (Å²) in [4.78, 5) is 4.66. The highest BCUT2D eigenvalue weighted by molar-refractivity contribution is 5.15. The Balaban J connectivity index is 2.48. The molecule has 0 aliphatic heterocycles. The molecule has 1 aromatic carbocycles. The second-order valence-corrected chi connectivity index (χ2v) is 6.27. The first-order chi connectivity index (χ1) is 9.48. The van der Waals surface area contributed by atoms with Gasteiger partial charge in [0.2, 0.25) is 0 Å². The van der Waals surface area contributed by atoms with E-state index in [-0.39, 0.29) is 5.54 Å². The highest BCUT2D eigenvalue weighted by Crippen LogP contribution is 2.20. The van der Waals surface area contributed by atoms with Crippen molar-refractivity contribution in [3.05, 3.63) is 35.9 Å². The number of benzene rings is 1. The van der Waals surface area contributed by atoms with Crippen molar-refractivity contribution in [3.8, 4) is 0 Å². The molecular weight excluding hydrogens is 246 g/mol. The van der Waals surface area contributed by atoms with Gasteiger partial charge >= 0.3 is 0 Å². The van der Waals surface area contributed by atoms with E-state index in [4.69, 9.17) is 5.73 Å². The van der Waals surface area contributed by atoms with Crippen LogP contribution < -0.4 is 5.73 Å². The fraction of sp³-hybridized carbons (Fsp3) is 0.647. The average molecular weight is 277 g/mol. The van der Waals surface area contributed by atoms with Crippen LogP contribution in [0.2, 0.25) is 0 Å². The van der Waals surface area contributed by atoms with Gasteiger partial charge in [0, 0.05) is 12.1 Å². The van der Waals surface area contributed by atoms with Crippen molar-refractivity contribution in [1.29, 1.82) is 0 Å². The third-order valence-corrected chi connectivity index (χ3v) is 4.26. The number of hydrogen-bond acceptors (Lipinski definition) is 3. The predicted molar refractivity (Wildman–Crippen MR) is 88.0 cm³/mol. The Morgan fingerprint density at radius 3 is 2.25 bits per heavy atom. The number of rotatable bonds is 9. The van der Waals surface area contributed by atoms with Gasteiger partial charge in [-0.2, -0.15) is 0 Å². The van der Waals surface area contributed by atoms with Gasteiger partial charge in [-0.25, -0.2) is 0 Å². The number of hydrogen-bond donors (Lipinski definition) is 1. The highest BCUT2D eigenvalue weighted by Gasteiger charge is 2.26. The van der Waals surface area contributed by atoms with Crippen LogP contribution in [0, 0.1) is 0 Å². The number of nitrogens with zero attached hydrogens (tertiary/aromatic N) is 2. The minimum Gasteiger partial charge on any atom is -0.329 e. The van der Waals surface area contributed by atoms with Crippen LogP contribution in [0.1, 0.15) is 25.3 Å². The summed E-state index contributed by atoms with van der Waals surface area (Å²) in [6, 6.07) is 10.7. The standard InChI is InChI=1S/C17H31N3/c1-17(15-18,20(4)14-8-13-19(2)3)12-11-16-9-6-5-7-10-16/h5-7,9-10H,8,11-15,18H2,1-4H3. The molecule has 0 spiro atoms. The third kappa shape index (κ3) is 5.61. The van der Waals surface area contributed by atoms with Crippen LogP contribution in [0.15, 0.2) is 30.3 Å². The molecule has 114 valence electrons. The number of nitrogens with two attached hydrogens (primary N) is 1. The van der Waals surface area contributed by atoms with Crippen molar-refractivity contribution in [2.45, 2.75) is 31.7 Å². The maximum atomic E-state index is 6.05. The minimum absolute atomic E-state index is 0.0855. The molecule has 0 aromatic heterocycles. The predicted octanol–water partition coefficient (Wildman–Crippen LogP) is 2.22. The molecule has 1 rings (SSSR count). The van der Waals surface area contributed by atoms with Crippen LogP contribution in [0.3, 0.4) is 0 Å². The molecule has 0 heterocycles. The molecule has 0 aliphatic carbocycles. The molecule has 1 aromatic rings. The van der Waals surface area contributed by atoms with Crippen molar-refractivity contribution in [2.24, 2.45) is 5.73 Å². The third-order valence-electron chi connectivity index (χ3n) is 4.26. The fourth-order valence-corrected chi connectivity index (χ4v) is 2.40. The summed E-state index contributed by atoms with van der Waals surface area (Å²) in [6.45, 7) is 5.22. The van der Waals surface area contributed by atoms with Gasteiger partial charge in [0.15, 0.2) is 0 Å². The smallest absolute Gasteiger partial charge is 0.0303 e. The summed E-state index contributed by atoms with van der Waals surface area (Å²) in [6.07, 6.45) is 3.38. The van der Waals surface area contributed by atoms with Crippen LogP contribution in [0.5, 0.6) is 0 Å². The monoisotopic (exact) mass is 277 g/mol.